The van der Waals surface area contributed by atoms with Crippen molar-refractivity contribution < 1.29 is 5.11 Å². The van der Waals surface area contributed by atoms with Gasteiger partial charge in [0.25, 0.3) is 0 Å². The molecule has 0 saturated carbocycles. The third-order valence-corrected chi connectivity index (χ3v) is 3.60. The lowest BCUT2D eigenvalue weighted by Crippen LogP contribution is -2.26. The third-order valence-electron chi connectivity index (χ3n) is 3.60. The molecule has 1 heterocycles. The highest BCUT2D eigenvalue weighted by Crippen LogP contribution is 2.16. The number of benzene rings is 1. The van der Waals surface area contributed by atoms with Gasteiger partial charge in [-0.1, -0.05) is 44.2 Å². The summed E-state index contributed by atoms with van der Waals surface area (Å²) in [4.78, 5) is 6.38. The molecule has 3 nitrogen and oxygen atoms in total. The zero-order chi connectivity index (χ0) is 15.1. The molecule has 0 fully saturated rings. The van der Waals surface area contributed by atoms with Gasteiger partial charge < -0.3 is 5.11 Å². The maximum atomic E-state index is 9.25. The number of hydrogen-bond donors (Lipinski definition) is 1. The summed E-state index contributed by atoms with van der Waals surface area (Å²) in [5.41, 5.74) is 3.81. The fourth-order valence-electron chi connectivity index (χ4n) is 2.37. The van der Waals surface area contributed by atoms with Crippen molar-refractivity contribution in [1.29, 1.82) is 0 Å². The molecule has 1 aromatic carbocycles. The number of aliphatic hydroxyl groups is 1. The van der Waals surface area contributed by atoms with Crippen LogP contribution in [-0.4, -0.2) is 28.1 Å². The van der Waals surface area contributed by atoms with Gasteiger partial charge >= 0.3 is 0 Å². The Hall–Kier alpha value is -1.71. The van der Waals surface area contributed by atoms with Gasteiger partial charge in [0, 0.05) is 32.0 Å². The smallest absolute Gasteiger partial charge is 0.0558 e. The highest BCUT2D eigenvalue weighted by atomic mass is 16.3. The predicted octanol–water partition coefficient (Wildman–Crippen LogP) is 3.20. The molecule has 0 bridgehead atoms. The lowest BCUT2D eigenvalue weighted by atomic mass is 10.0. The number of hydrogen-bond acceptors (Lipinski definition) is 3. The molecule has 0 unspecified atom stereocenters. The van der Waals surface area contributed by atoms with Gasteiger partial charge in [0.15, 0.2) is 0 Å². The summed E-state index contributed by atoms with van der Waals surface area (Å²) in [5, 5.41) is 9.25. The van der Waals surface area contributed by atoms with Crippen LogP contribution in [0, 0.1) is 0 Å². The van der Waals surface area contributed by atoms with Gasteiger partial charge in [0.2, 0.25) is 0 Å². The van der Waals surface area contributed by atoms with Gasteiger partial charge in [0.1, 0.15) is 0 Å². The van der Waals surface area contributed by atoms with E-state index in [1.165, 1.54) is 16.7 Å². The van der Waals surface area contributed by atoms with E-state index in [0.29, 0.717) is 12.5 Å². The molecule has 1 N–H and O–H groups in total. The Morgan fingerprint density at radius 3 is 2.33 bits per heavy atom. The van der Waals surface area contributed by atoms with Crippen molar-refractivity contribution in [3.63, 3.8) is 0 Å². The highest BCUT2D eigenvalue weighted by molar-refractivity contribution is 5.24. The molecule has 0 aliphatic heterocycles. The van der Waals surface area contributed by atoms with Gasteiger partial charge in [-0.05, 0) is 28.7 Å². The lowest BCUT2D eigenvalue weighted by molar-refractivity contribution is 0.184. The maximum absolute atomic E-state index is 9.25. The minimum Gasteiger partial charge on any atom is -0.395 e. The summed E-state index contributed by atoms with van der Waals surface area (Å²) >= 11 is 0. The first-order valence-corrected chi connectivity index (χ1v) is 7.50. The molecule has 0 amide bonds. The topological polar surface area (TPSA) is 36.4 Å². The van der Waals surface area contributed by atoms with E-state index in [9.17, 15) is 5.11 Å². The van der Waals surface area contributed by atoms with Crippen LogP contribution in [0.1, 0.15) is 36.5 Å². The van der Waals surface area contributed by atoms with Crippen molar-refractivity contribution in [2.24, 2.45) is 0 Å². The van der Waals surface area contributed by atoms with E-state index in [0.717, 1.165) is 13.1 Å². The van der Waals surface area contributed by atoms with Gasteiger partial charge in [-0.15, -0.1) is 0 Å². The Labute approximate surface area is 127 Å². The van der Waals surface area contributed by atoms with Crippen LogP contribution in [0.3, 0.4) is 0 Å². The van der Waals surface area contributed by atoms with Gasteiger partial charge in [-0.3, -0.25) is 9.88 Å². The molecule has 0 atom stereocenters. The molecular weight excluding hydrogens is 260 g/mol. The summed E-state index contributed by atoms with van der Waals surface area (Å²) in [6.07, 6.45) is 3.66. The average Bonchev–Trinajstić information content (AvgIpc) is 2.49. The molecule has 0 radical (unpaired) electrons. The van der Waals surface area contributed by atoms with Crippen LogP contribution in [0.15, 0.2) is 48.8 Å². The van der Waals surface area contributed by atoms with Crippen LogP contribution in [0.4, 0.5) is 0 Å². The van der Waals surface area contributed by atoms with Crippen LogP contribution in [0.2, 0.25) is 0 Å². The Morgan fingerprint density at radius 2 is 1.76 bits per heavy atom. The standard InChI is InChI=1S/C18H24N2O/c1-15(2)18-7-5-16(6-8-18)13-20(10-11-21)14-17-4-3-9-19-12-17/h3-9,12,15,21H,10-11,13-14H2,1-2H3. The molecule has 0 saturated heterocycles. The molecule has 2 rings (SSSR count). The van der Waals surface area contributed by atoms with E-state index >= 15 is 0 Å². The molecule has 0 aliphatic carbocycles. The van der Waals surface area contributed by atoms with Gasteiger partial charge in [0.05, 0.1) is 6.61 Å². The van der Waals surface area contributed by atoms with Crippen LogP contribution in [-0.2, 0) is 13.1 Å². The normalized spacial score (nSPS) is 11.3. The second kappa shape index (κ2) is 7.91. The molecule has 2 aromatic rings. The number of aromatic nitrogens is 1. The van der Waals surface area contributed by atoms with Gasteiger partial charge in [-0.2, -0.15) is 0 Å². The Balaban J connectivity index is 2.02. The number of rotatable bonds is 7. The highest BCUT2D eigenvalue weighted by Gasteiger charge is 2.07. The molecule has 21 heavy (non-hydrogen) atoms. The predicted molar refractivity (Wildman–Crippen MR) is 86.0 cm³/mol. The zero-order valence-electron chi connectivity index (χ0n) is 12.9. The fourth-order valence-corrected chi connectivity index (χ4v) is 2.37. The monoisotopic (exact) mass is 284 g/mol. The van der Waals surface area contributed by atoms with Crippen molar-refractivity contribution in [1.82, 2.24) is 9.88 Å². The lowest BCUT2D eigenvalue weighted by Gasteiger charge is -2.21. The van der Waals surface area contributed by atoms with Crippen molar-refractivity contribution in [3.8, 4) is 0 Å². The summed E-state index contributed by atoms with van der Waals surface area (Å²) < 4.78 is 0. The largest absolute Gasteiger partial charge is 0.395 e. The quantitative estimate of drug-likeness (QED) is 0.848. The summed E-state index contributed by atoms with van der Waals surface area (Å²) in [5.74, 6) is 0.558. The van der Waals surface area contributed by atoms with Crippen LogP contribution in [0.25, 0.3) is 0 Å². The van der Waals surface area contributed by atoms with Crippen molar-refractivity contribution in [3.05, 3.63) is 65.5 Å². The fraction of sp³-hybridized carbons (Fsp3) is 0.389. The zero-order valence-corrected chi connectivity index (χ0v) is 12.9. The van der Waals surface area contributed by atoms with Crippen LogP contribution in [0.5, 0.6) is 0 Å². The molecule has 1 aromatic heterocycles. The maximum Gasteiger partial charge on any atom is 0.0558 e. The van der Waals surface area contributed by atoms with E-state index < -0.39 is 0 Å². The minimum atomic E-state index is 0.171. The van der Waals surface area contributed by atoms with E-state index in [2.05, 4.69) is 54.1 Å². The average molecular weight is 284 g/mol. The molecular formula is C18H24N2O. The van der Waals surface area contributed by atoms with Crippen molar-refractivity contribution in [2.45, 2.75) is 32.9 Å². The van der Waals surface area contributed by atoms with E-state index in [1.54, 1.807) is 6.20 Å². The Kier molecular flexibility index (Phi) is 5.90. The first-order valence-electron chi connectivity index (χ1n) is 7.50. The summed E-state index contributed by atoms with van der Waals surface area (Å²) in [6.45, 7) is 6.89. The van der Waals surface area contributed by atoms with E-state index in [1.807, 2.05) is 12.3 Å². The van der Waals surface area contributed by atoms with Crippen molar-refractivity contribution in [2.75, 3.05) is 13.2 Å². The van der Waals surface area contributed by atoms with Crippen LogP contribution >= 0.6 is 0 Å². The molecule has 3 heteroatoms. The Bertz CT molecular complexity index is 523. The number of pyridine rings is 1. The first kappa shape index (κ1) is 15.7. The third kappa shape index (κ3) is 4.96. The number of aliphatic hydroxyl groups excluding tert-OH is 1. The summed E-state index contributed by atoms with van der Waals surface area (Å²) in [6, 6.07) is 12.8. The SMILES string of the molecule is CC(C)c1ccc(CN(CCO)Cc2cccnc2)cc1. The van der Waals surface area contributed by atoms with Gasteiger partial charge in [-0.25, -0.2) is 0 Å². The van der Waals surface area contributed by atoms with Crippen LogP contribution < -0.4 is 0 Å². The molecule has 0 aliphatic rings. The first-order chi connectivity index (χ1) is 10.2. The second-order valence-corrected chi connectivity index (χ2v) is 5.69. The number of nitrogens with zero attached hydrogens (tertiary/aromatic N) is 2. The summed E-state index contributed by atoms with van der Waals surface area (Å²) in [7, 11) is 0. The van der Waals surface area contributed by atoms with Crippen molar-refractivity contribution >= 4 is 0 Å². The van der Waals surface area contributed by atoms with E-state index in [4.69, 9.17) is 0 Å². The minimum absolute atomic E-state index is 0.171. The molecule has 112 valence electrons. The van der Waals surface area contributed by atoms with E-state index in [-0.39, 0.29) is 6.61 Å². The second-order valence-electron chi connectivity index (χ2n) is 5.69. The Morgan fingerprint density at radius 1 is 1.05 bits per heavy atom. The molecule has 0 spiro atoms.